The molecule has 1 saturated carbocycles. The van der Waals surface area contributed by atoms with Gasteiger partial charge in [0.15, 0.2) is 0 Å². The SMILES string of the molecule is COc1ccc(CC(=O)NCC(O)C2CC2)cc1. The average molecular weight is 249 g/mol. The van der Waals surface area contributed by atoms with Gasteiger partial charge in [-0.1, -0.05) is 12.1 Å². The smallest absolute Gasteiger partial charge is 0.224 e. The molecule has 1 atom stereocenters. The lowest BCUT2D eigenvalue weighted by molar-refractivity contribution is -0.120. The van der Waals surface area contributed by atoms with E-state index in [1.807, 2.05) is 24.3 Å². The van der Waals surface area contributed by atoms with E-state index in [4.69, 9.17) is 4.74 Å². The number of hydrogen-bond donors (Lipinski definition) is 2. The number of hydrogen-bond acceptors (Lipinski definition) is 3. The molecular weight excluding hydrogens is 230 g/mol. The van der Waals surface area contributed by atoms with E-state index in [1.54, 1.807) is 7.11 Å². The zero-order valence-electron chi connectivity index (χ0n) is 10.6. The molecule has 0 saturated heterocycles. The first-order valence-corrected chi connectivity index (χ1v) is 6.26. The lowest BCUT2D eigenvalue weighted by Crippen LogP contribution is -2.34. The highest BCUT2D eigenvalue weighted by Gasteiger charge is 2.29. The van der Waals surface area contributed by atoms with E-state index in [-0.39, 0.29) is 12.0 Å². The summed E-state index contributed by atoms with van der Waals surface area (Å²) in [4.78, 5) is 11.7. The van der Waals surface area contributed by atoms with Gasteiger partial charge in [0.25, 0.3) is 0 Å². The summed E-state index contributed by atoms with van der Waals surface area (Å²) in [5, 5.41) is 12.4. The minimum Gasteiger partial charge on any atom is -0.497 e. The summed E-state index contributed by atoms with van der Waals surface area (Å²) in [6.45, 7) is 0.361. The van der Waals surface area contributed by atoms with Gasteiger partial charge in [0.2, 0.25) is 5.91 Å². The van der Waals surface area contributed by atoms with Gasteiger partial charge in [0.1, 0.15) is 5.75 Å². The van der Waals surface area contributed by atoms with Gasteiger partial charge in [-0.15, -0.1) is 0 Å². The third-order valence-corrected chi connectivity index (χ3v) is 3.20. The summed E-state index contributed by atoms with van der Waals surface area (Å²) >= 11 is 0. The van der Waals surface area contributed by atoms with E-state index in [1.165, 1.54) is 0 Å². The van der Waals surface area contributed by atoms with Crippen molar-refractivity contribution < 1.29 is 14.6 Å². The zero-order valence-corrected chi connectivity index (χ0v) is 10.6. The Morgan fingerprint density at radius 2 is 2.11 bits per heavy atom. The minimum absolute atomic E-state index is 0.0557. The molecule has 1 amide bonds. The Labute approximate surface area is 107 Å². The molecule has 2 N–H and O–H groups in total. The van der Waals surface area contributed by atoms with Crippen molar-refractivity contribution in [3.63, 3.8) is 0 Å². The van der Waals surface area contributed by atoms with Crippen molar-refractivity contribution in [3.8, 4) is 5.75 Å². The van der Waals surface area contributed by atoms with Crippen molar-refractivity contribution in [2.75, 3.05) is 13.7 Å². The molecule has 1 unspecified atom stereocenters. The maximum Gasteiger partial charge on any atom is 0.224 e. The molecule has 18 heavy (non-hydrogen) atoms. The van der Waals surface area contributed by atoms with Crippen LogP contribution in [-0.4, -0.2) is 30.8 Å². The maximum absolute atomic E-state index is 11.7. The predicted octanol–water partition coefficient (Wildman–Crippen LogP) is 1.12. The fourth-order valence-electron chi connectivity index (χ4n) is 1.86. The highest BCUT2D eigenvalue weighted by Crippen LogP contribution is 2.32. The number of aliphatic hydroxyl groups is 1. The Kier molecular flexibility index (Phi) is 4.20. The first-order chi connectivity index (χ1) is 8.69. The summed E-state index contributed by atoms with van der Waals surface area (Å²) in [7, 11) is 1.61. The summed E-state index contributed by atoms with van der Waals surface area (Å²) < 4.78 is 5.05. The van der Waals surface area contributed by atoms with Crippen molar-refractivity contribution >= 4 is 5.91 Å². The van der Waals surface area contributed by atoms with E-state index in [0.717, 1.165) is 24.2 Å². The second kappa shape index (κ2) is 5.87. The molecule has 0 radical (unpaired) electrons. The molecular formula is C14H19NO3. The fourth-order valence-corrected chi connectivity index (χ4v) is 1.86. The number of benzene rings is 1. The fraction of sp³-hybridized carbons (Fsp3) is 0.500. The van der Waals surface area contributed by atoms with E-state index in [2.05, 4.69) is 5.32 Å². The zero-order chi connectivity index (χ0) is 13.0. The van der Waals surface area contributed by atoms with Gasteiger partial charge in [0, 0.05) is 6.54 Å². The second-order valence-electron chi connectivity index (χ2n) is 4.73. The quantitative estimate of drug-likeness (QED) is 0.794. The molecule has 0 spiro atoms. The van der Waals surface area contributed by atoms with Crippen molar-refractivity contribution in [2.24, 2.45) is 5.92 Å². The molecule has 4 heteroatoms. The summed E-state index contributed by atoms with van der Waals surface area (Å²) in [5.74, 6) is 1.12. The second-order valence-corrected chi connectivity index (χ2v) is 4.73. The normalized spacial score (nSPS) is 16.1. The van der Waals surface area contributed by atoms with Crippen LogP contribution in [0.5, 0.6) is 5.75 Å². The summed E-state index contributed by atoms with van der Waals surface area (Å²) in [6, 6.07) is 7.41. The molecule has 0 aliphatic heterocycles. The van der Waals surface area contributed by atoms with Crippen LogP contribution in [0.2, 0.25) is 0 Å². The van der Waals surface area contributed by atoms with Crippen molar-refractivity contribution in [2.45, 2.75) is 25.4 Å². The van der Waals surface area contributed by atoms with E-state index in [0.29, 0.717) is 18.9 Å². The summed E-state index contributed by atoms with van der Waals surface area (Å²) in [6.07, 6.45) is 2.11. The molecule has 2 rings (SSSR count). The molecule has 0 aromatic heterocycles. The first kappa shape index (κ1) is 12.9. The Bertz CT molecular complexity index is 398. The predicted molar refractivity (Wildman–Crippen MR) is 68.4 cm³/mol. The monoisotopic (exact) mass is 249 g/mol. The van der Waals surface area contributed by atoms with Crippen molar-refractivity contribution in [1.29, 1.82) is 0 Å². The molecule has 0 heterocycles. The topological polar surface area (TPSA) is 58.6 Å². The number of rotatable bonds is 6. The number of methoxy groups -OCH3 is 1. The number of amides is 1. The van der Waals surface area contributed by atoms with E-state index < -0.39 is 0 Å². The van der Waals surface area contributed by atoms with Gasteiger partial charge in [-0.2, -0.15) is 0 Å². The number of carbonyl (C=O) groups is 1. The highest BCUT2D eigenvalue weighted by atomic mass is 16.5. The Morgan fingerprint density at radius 1 is 1.44 bits per heavy atom. The third-order valence-electron chi connectivity index (χ3n) is 3.20. The lowest BCUT2D eigenvalue weighted by atomic mass is 10.1. The Hall–Kier alpha value is -1.55. The van der Waals surface area contributed by atoms with E-state index in [9.17, 15) is 9.90 Å². The van der Waals surface area contributed by atoms with E-state index >= 15 is 0 Å². The Balaban J connectivity index is 1.75. The standard InChI is InChI=1S/C14H19NO3/c1-18-12-6-2-10(3-7-12)8-14(17)15-9-13(16)11-4-5-11/h2-3,6-7,11,13,16H,4-5,8-9H2,1H3,(H,15,17). The van der Waals surface area contributed by atoms with Crippen molar-refractivity contribution in [3.05, 3.63) is 29.8 Å². The van der Waals surface area contributed by atoms with Crippen LogP contribution in [0.3, 0.4) is 0 Å². The number of aliphatic hydroxyl groups excluding tert-OH is 1. The molecule has 4 nitrogen and oxygen atoms in total. The molecule has 0 bridgehead atoms. The van der Waals surface area contributed by atoms with Gasteiger partial charge in [-0.25, -0.2) is 0 Å². The van der Waals surface area contributed by atoms with Crippen LogP contribution in [0.1, 0.15) is 18.4 Å². The highest BCUT2D eigenvalue weighted by molar-refractivity contribution is 5.78. The van der Waals surface area contributed by atoms with Gasteiger partial charge in [-0.3, -0.25) is 4.79 Å². The van der Waals surface area contributed by atoms with Crippen molar-refractivity contribution in [1.82, 2.24) is 5.32 Å². The van der Waals surface area contributed by atoms with Crippen LogP contribution in [-0.2, 0) is 11.2 Å². The third kappa shape index (κ3) is 3.74. The molecule has 98 valence electrons. The van der Waals surface area contributed by atoms with Crippen LogP contribution < -0.4 is 10.1 Å². The molecule has 1 aliphatic carbocycles. The van der Waals surface area contributed by atoms with Crippen LogP contribution in [0.4, 0.5) is 0 Å². The summed E-state index contributed by atoms with van der Waals surface area (Å²) in [5.41, 5.74) is 0.939. The maximum atomic E-state index is 11.7. The minimum atomic E-state index is -0.384. The van der Waals surface area contributed by atoms with Crippen LogP contribution >= 0.6 is 0 Å². The largest absolute Gasteiger partial charge is 0.497 e. The van der Waals surface area contributed by atoms with Gasteiger partial charge < -0.3 is 15.2 Å². The molecule has 1 aromatic rings. The lowest BCUT2D eigenvalue weighted by Gasteiger charge is -2.10. The average Bonchev–Trinajstić information content (AvgIpc) is 3.21. The van der Waals surface area contributed by atoms with Gasteiger partial charge in [0.05, 0.1) is 19.6 Å². The molecule has 1 aliphatic rings. The van der Waals surface area contributed by atoms with Gasteiger partial charge >= 0.3 is 0 Å². The molecule has 1 fully saturated rings. The first-order valence-electron chi connectivity index (χ1n) is 6.26. The van der Waals surface area contributed by atoms with Gasteiger partial charge in [-0.05, 0) is 36.5 Å². The number of carbonyl (C=O) groups excluding carboxylic acids is 1. The molecule has 1 aromatic carbocycles. The van der Waals surface area contributed by atoms with Crippen LogP contribution in [0.25, 0.3) is 0 Å². The van der Waals surface area contributed by atoms with Crippen LogP contribution in [0, 0.1) is 5.92 Å². The van der Waals surface area contributed by atoms with Crippen LogP contribution in [0.15, 0.2) is 24.3 Å². The Morgan fingerprint density at radius 3 is 2.67 bits per heavy atom. The number of ether oxygens (including phenoxy) is 1. The number of nitrogens with one attached hydrogen (secondary N) is 1.